The molecule has 7 nitrogen and oxygen atoms in total. The molecule has 4 rings (SSSR count). The Hall–Kier alpha value is -2.55. The number of carbonyl (C=O) groups excluding carboxylic acids is 2. The van der Waals surface area contributed by atoms with Crippen LogP contribution in [0.3, 0.4) is 0 Å². The van der Waals surface area contributed by atoms with Gasteiger partial charge in [0.15, 0.2) is 5.78 Å². The van der Waals surface area contributed by atoms with Gasteiger partial charge in [-0.3, -0.25) is 14.3 Å². The maximum Gasteiger partial charge on any atom is 0.276 e. The molecule has 30 heavy (non-hydrogen) atoms. The van der Waals surface area contributed by atoms with Crippen LogP contribution in [0.15, 0.2) is 42.7 Å². The molecule has 0 bridgehead atoms. The number of hydrogen-bond acceptors (Lipinski definition) is 5. The second-order valence-corrected chi connectivity index (χ2v) is 7.68. The molecule has 1 aromatic carbocycles. The van der Waals surface area contributed by atoms with E-state index in [1.807, 2.05) is 6.92 Å². The third-order valence-corrected chi connectivity index (χ3v) is 5.63. The number of anilines is 2. The zero-order valence-electron chi connectivity index (χ0n) is 16.0. The van der Waals surface area contributed by atoms with Crippen LogP contribution in [0.2, 0.25) is 10.0 Å². The first-order valence-electron chi connectivity index (χ1n) is 8.93. The summed E-state index contributed by atoms with van der Waals surface area (Å²) in [7, 11) is 0. The molecule has 3 aromatic rings. The van der Waals surface area contributed by atoms with Gasteiger partial charge in [-0.1, -0.05) is 23.2 Å². The van der Waals surface area contributed by atoms with Gasteiger partial charge in [-0.15, -0.1) is 0 Å². The van der Waals surface area contributed by atoms with Gasteiger partial charge in [0.05, 0.1) is 27.8 Å². The number of benzene rings is 1. The average Bonchev–Trinajstić information content (AvgIpc) is 3.11. The molecular weight excluding hydrogens is 445 g/mol. The third kappa shape index (κ3) is 3.90. The van der Waals surface area contributed by atoms with Crippen molar-refractivity contribution in [1.29, 1.82) is 0 Å². The maximum absolute atomic E-state index is 13.3. The van der Waals surface area contributed by atoms with Crippen molar-refractivity contribution in [2.75, 3.05) is 17.2 Å². The fraction of sp³-hybridized carbons (Fsp3) is 0.200. The number of nitrogen functional groups attached to an aromatic ring is 1. The molecule has 0 saturated carbocycles. The minimum Gasteiger partial charge on any atom is -0.383 e. The number of pyridine rings is 1. The smallest absolute Gasteiger partial charge is 0.276 e. The van der Waals surface area contributed by atoms with Crippen LogP contribution in [0.25, 0.3) is 0 Å². The van der Waals surface area contributed by atoms with E-state index in [0.717, 1.165) is 0 Å². The molecule has 2 aromatic heterocycles. The normalized spacial score (nSPS) is 15.5. The molecule has 0 radical (unpaired) electrons. The molecule has 156 valence electrons. The van der Waals surface area contributed by atoms with Crippen molar-refractivity contribution in [3.05, 3.63) is 69.6 Å². The minimum atomic E-state index is -0.249. The van der Waals surface area contributed by atoms with Gasteiger partial charge in [-0.2, -0.15) is 18.6 Å². The highest BCUT2D eigenvalue weighted by molar-refractivity contribution is 7.59. The number of nitrogens with zero attached hydrogens (tertiary/aromatic N) is 4. The Morgan fingerprint density at radius 3 is 2.73 bits per heavy atom. The van der Waals surface area contributed by atoms with Crippen molar-refractivity contribution in [3.8, 4) is 0 Å². The lowest BCUT2D eigenvalue weighted by Gasteiger charge is -2.32. The third-order valence-electron chi connectivity index (χ3n) is 4.89. The number of halogens is 2. The number of hydrogen-bond donors (Lipinski definition) is 1. The van der Waals surface area contributed by atoms with Crippen LogP contribution in [0.5, 0.6) is 0 Å². The predicted molar refractivity (Wildman–Crippen MR) is 122 cm³/mol. The Morgan fingerprint density at radius 2 is 2.03 bits per heavy atom. The molecule has 2 N–H and O–H groups in total. The summed E-state index contributed by atoms with van der Waals surface area (Å²) in [5.41, 5.74) is 7.69. The molecule has 1 amide bonds. The molecule has 0 unspecified atom stereocenters. The van der Waals surface area contributed by atoms with Gasteiger partial charge >= 0.3 is 0 Å². The number of fused-ring (bicyclic) bond motifs is 1. The first-order chi connectivity index (χ1) is 13.9. The number of rotatable bonds is 4. The Morgan fingerprint density at radius 1 is 1.27 bits per heavy atom. The number of nitrogens with two attached hydrogens (primary N) is 1. The highest BCUT2D eigenvalue weighted by Gasteiger charge is 2.34. The Labute approximate surface area is 190 Å². The number of Topliss-reactive ketones (excluding diaryl/α,β-unsaturated/α-hetero) is 1. The van der Waals surface area contributed by atoms with E-state index >= 15 is 0 Å². The van der Waals surface area contributed by atoms with Crippen molar-refractivity contribution in [1.82, 2.24) is 14.8 Å². The molecular formula is C20H19Cl2N5O2S. The van der Waals surface area contributed by atoms with Crippen LogP contribution in [0.1, 0.15) is 39.4 Å². The van der Waals surface area contributed by atoms with Crippen molar-refractivity contribution < 1.29 is 9.59 Å². The highest BCUT2D eigenvalue weighted by Crippen LogP contribution is 2.32. The zero-order chi connectivity index (χ0) is 20.7. The molecule has 1 atom stereocenters. The molecule has 3 heterocycles. The van der Waals surface area contributed by atoms with Gasteiger partial charge in [-0.25, -0.2) is 4.98 Å². The summed E-state index contributed by atoms with van der Waals surface area (Å²) >= 11 is 12.1. The summed E-state index contributed by atoms with van der Waals surface area (Å²) in [5.74, 6) is -0.310. The lowest BCUT2D eigenvalue weighted by atomic mass is 10.0. The summed E-state index contributed by atoms with van der Waals surface area (Å²) in [6.45, 7) is 2.38. The van der Waals surface area contributed by atoms with Crippen molar-refractivity contribution >= 4 is 59.9 Å². The monoisotopic (exact) mass is 463 g/mol. The van der Waals surface area contributed by atoms with Crippen LogP contribution in [0, 0.1) is 0 Å². The lowest BCUT2D eigenvalue weighted by Crippen LogP contribution is -2.43. The lowest BCUT2D eigenvalue weighted by molar-refractivity contribution is 0.0951. The standard InChI is InChI=1S/C20H17Cl2N5O2.H2S/c1-11-10-26(13-4-5-15(21)16(22)8-13)20(29)18-12(9-25-27(11)18)7-17(28)14-3-2-6-24-19(14)23;/h2-6,8-9,11H,7,10H2,1H3,(H2,23,24);1H2/t11-;/m0./s1. The van der Waals surface area contributed by atoms with Crippen LogP contribution in [-0.2, 0) is 6.42 Å². The molecule has 1 aliphatic rings. The quantitative estimate of drug-likeness (QED) is 0.591. The van der Waals surface area contributed by atoms with E-state index in [4.69, 9.17) is 28.9 Å². The van der Waals surface area contributed by atoms with E-state index in [2.05, 4.69) is 10.1 Å². The molecule has 0 aliphatic carbocycles. The van der Waals surface area contributed by atoms with Crippen LogP contribution in [0.4, 0.5) is 11.5 Å². The van der Waals surface area contributed by atoms with Crippen LogP contribution in [-0.4, -0.2) is 33.0 Å². The summed E-state index contributed by atoms with van der Waals surface area (Å²) in [6, 6.07) is 8.24. The SMILES string of the molecule is C[C@H]1CN(c2ccc(Cl)c(Cl)c2)C(=O)c2c(CC(=O)c3cccnc3N)cnn21.S. The first kappa shape index (κ1) is 22.1. The van der Waals surface area contributed by atoms with Gasteiger partial charge < -0.3 is 10.6 Å². The fourth-order valence-electron chi connectivity index (χ4n) is 3.45. The molecule has 0 saturated heterocycles. The zero-order valence-corrected chi connectivity index (χ0v) is 18.5. The van der Waals surface area contributed by atoms with E-state index in [1.165, 1.54) is 6.20 Å². The fourth-order valence-corrected chi connectivity index (χ4v) is 3.74. The van der Waals surface area contributed by atoms with Crippen molar-refractivity contribution in [3.63, 3.8) is 0 Å². The Balaban J connectivity index is 0.00000256. The van der Waals surface area contributed by atoms with E-state index in [1.54, 1.807) is 46.1 Å². The van der Waals surface area contributed by atoms with Gasteiger partial charge in [0.2, 0.25) is 0 Å². The van der Waals surface area contributed by atoms with Gasteiger partial charge in [0, 0.05) is 30.4 Å². The Kier molecular flexibility index (Phi) is 6.40. The van der Waals surface area contributed by atoms with Crippen LogP contribution < -0.4 is 10.6 Å². The molecule has 1 aliphatic heterocycles. The highest BCUT2D eigenvalue weighted by atomic mass is 35.5. The van der Waals surface area contributed by atoms with Gasteiger partial charge in [0.1, 0.15) is 11.5 Å². The Bertz CT molecular complexity index is 1130. The largest absolute Gasteiger partial charge is 0.383 e. The molecule has 0 fully saturated rings. The topological polar surface area (TPSA) is 94.1 Å². The van der Waals surface area contributed by atoms with E-state index in [0.29, 0.717) is 39.1 Å². The van der Waals surface area contributed by atoms with Gasteiger partial charge in [0.25, 0.3) is 5.91 Å². The number of ketones is 1. The first-order valence-corrected chi connectivity index (χ1v) is 9.69. The number of carbonyl (C=O) groups is 2. The summed E-state index contributed by atoms with van der Waals surface area (Å²) < 4.78 is 1.66. The number of aromatic nitrogens is 3. The molecule has 10 heteroatoms. The molecule has 0 spiro atoms. The van der Waals surface area contributed by atoms with Crippen molar-refractivity contribution in [2.45, 2.75) is 19.4 Å². The maximum atomic E-state index is 13.3. The minimum absolute atomic E-state index is 0. The van der Waals surface area contributed by atoms with E-state index in [9.17, 15) is 9.59 Å². The van der Waals surface area contributed by atoms with Crippen molar-refractivity contribution in [2.24, 2.45) is 0 Å². The van der Waals surface area contributed by atoms with E-state index in [-0.39, 0.29) is 43.5 Å². The second-order valence-electron chi connectivity index (χ2n) is 6.86. The summed E-state index contributed by atoms with van der Waals surface area (Å²) in [6.07, 6.45) is 3.08. The van der Waals surface area contributed by atoms with Crippen LogP contribution >= 0.6 is 36.7 Å². The second kappa shape index (κ2) is 8.67. The van der Waals surface area contributed by atoms with Gasteiger partial charge in [-0.05, 0) is 37.3 Å². The summed E-state index contributed by atoms with van der Waals surface area (Å²) in [5, 5.41) is 5.12. The average molecular weight is 464 g/mol. The number of amides is 1. The summed E-state index contributed by atoms with van der Waals surface area (Å²) in [4.78, 5) is 31.6. The van der Waals surface area contributed by atoms with E-state index < -0.39 is 0 Å². The predicted octanol–water partition coefficient (Wildman–Crippen LogP) is 3.93.